The number of carbonyl (C=O) groups is 2. The first-order valence-electron chi connectivity index (χ1n) is 20.5. The number of aromatic nitrogens is 2. The minimum atomic E-state index is -0.224. The van der Waals surface area contributed by atoms with Gasteiger partial charge in [0.1, 0.15) is 0 Å². The lowest BCUT2D eigenvalue weighted by Gasteiger charge is -2.27. The number of para-hydroxylation sites is 4. The molecule has 12 rings (SSSR count). The van der Waals surface area contributed by atoms with Crippen LogP contribution in [0.4, 0.5) is 17.1 Å². The zero-order valence-corrected chi connectivity index (χ0v) is 32.9. The van der Waals surface area contributed by atoms with E-state index in [1.54, 1.807) is 30.3 Å². The largest absolute Gasteiger partial charge is 0.310 e. The van der Waals surface area contributed by atoms with E-state index in [1.165, 1.54) is 21.5 Å². The Hall–Kier alpha value is -8.28. The smallest absolute Gasteiger partial charge is 0.197 e. The highest BCUT2D eigenvalue weighted by Gasteiger charge is 2.32. The molecule has 1 aliphatic rings. The monoisotopic (exact) mass is 781 g/mol. The molecule has 0 amide bonds. The molecule has 0 saturated carbocycles. The number of ketones is 2. The first-order chi connectivity index (χ1) is 30.1. The SMILES string of the molecule is O=C1C(=Cc2ccc3cc(N(c4cccc(-n5c6ccccc6c6ccccc65)c4)c4cccc(-n5c6ccccc6c6ccccc65)c4)ccc3c2)C(=O)c2ccccc21. The molecule has 11 aromatic rings. The van der Waals surface area contributed by atoms with Crippen LogP contribution in [0, 0.1) is 0 Å². The average Bonchev–Trinajstić information content (AvgIpc) is 3.92. The predicted octanol–water partition coefficient (Wildman–Crippen LogP) is 14.0. The summed E-state index contributed by atoms with van der Waals surface area (Å²) in [4.78, 5) is 28.8. The summed E-state index contributed by atoms with van der Waals surface area (Å²) >= 11 is 0. The van der Waals surface area contributed by atoms with Crippen LogP contribution in [-0.2, 0) is 0 Å². The van der Waals surface area contributed by atoms with Crippen molar-refractivity contribution in [2.24, 2.45) is 0 Å². The highest BCUT2D eigenvalue weighted by molar-refractivity contribution is 6.41. The number of fused-ring (bicyclic) bond motifs is 8. The molecule has 0 spiro atoms. The van der Waals surface area contributed by atoms with Gasteiger partial charge < -0.3 is 14.0 Å². The second-order valence-corrected chi connectivity index (χ2v) is 15.7. The Labute approximate surface area is 351 Å². The second kappa shape index (κ2) is 13.7. The normalized spacial score (nSPS) is 12.6. The number of hydrogen-bond acceptors (Lipinski definition) is 3. The zero-order chi connectivity index (χ0) is 40.6. The summed E-state index contributed by atoms with van der Waals surface area (Å²) < 4.78 is 4.71. The molecule has 5 heteroatoms. The van der Waals surface area contributed by atoms with Gasteiger partial charge in [0.2, 0.25) is 0 Å². The van der Waals surface area contributed by atoms with Crippen molar-refractivity contribution in [2.45, 2.75) is 0 Å². The van der Waals surface area contributed by atoms with Gasteiger partial charge in [-0.2, -0.15) is 0 Å². The van der Waals surface area contributed by atoms with Crippen LogP contribution in [0.3, 0.4) is 0 Å². The van der Waals surface area contributed by atoms with Crippen LogP contribution in [0.15, 0.2) is 212 Å². The second-order valence-electron chi connectivity index (χ2n) is 15.7. The molecule has 0 N–H and O–H groups in total. The van der Waals surface area contributed by atoms with E-state index in [0.29, 0.717) is 11.1 Å². The van der Waals surface area contributed by atoms with Crippen LogP contribution in [0.1, 0.15) is 26.3 Å². The Balaban J connectivity index is 1.02. The van der Waals surface area contributed by atoms with Crippen molar-refractivity contribution < 1.29 is 9.59 Å². The average molecular weight is 782 g/mol. The molecule has 0 unspecified atom stereocenters. The van der Waals surface area contributed by atoms with E-state index in [1.807, 2.05) is 12.1 Å². The summed E-state index contributed by atoms with van der Waals surface area (Å²) in [5.41, 5.74) is 11.7. The van der Waals surface area contributed by atoms with Crippen LogP contribution in [0.5, 0.6) is 0 Å². The van der Waals surface area contributed by atoms with Gasteiger partial charge >= 0.3 is 0 Å². The molecule has 61 heavy (non-hydrogen) atoms. The van der Waals surface area contributed by atoms with Crippen LogP contribution in [-0.4, -0.2) is 20.7 Å². The number of Topliss-reactive ketones (excluding diaryl/α,β-unsaturated/α-hetero) is 2. The fourth-order valence-electron chi connectivity index (χ4n) is 9.44. The molecule has 0 saturated heterocycles. The molecular weight excluding hydrogens is 747 g/mol. The standard InChI is InChI=1S/C56H35N3O2/c60-55-48-21-1-2-22-49(48)56(61)50(55)32-36-27-28-38-33-43(30-29-37(38)31-36)57(39-13-11-15-41(34-39)58-51-23-7-3-17-44(51)45-18-4-8-24-52(45)58)40-14-12-16-42(35-40)59-53-25-9-5-19-46(53)47-20-6-10-26-54(47)59/h1-35H. The van der Waals surface area contributed by atoms with E-state index in [-0.39, 0.29) is 17.1 Å². The van der Waals surface area contributed by atoms with Gasteiger partial charge in [-0.1, -0.05) is 127 Å². The highest BCUT2D eigenvalue weighted by atomic mass is 16.2. The maximum atomic E-state index is 13.2. The maximum Gasteiger partial charge on any atom is 0.197 e. The molecule has 0 atom stereocenters. The van der Waals surface area contributed by atoms with Crippen molar-refractivity contribution in [2.75, 3.05) is 4.90 Å². The molecule has 0 aliphatic heterocycles. The predicted molar refractivity (Wildman–Crippen MR) is 250 cm³/mol. The molecule has 2 aromatic heterocycles. The first kappa shape index (κ1) is 34.7. The summed E-state index contributed by atoms with van der Waals surface area (Å²) in [7, 11) is 0. The lowest BCUT2D eigenvalue weighted by molar-refractivity contribution is 0.0990. The Kier molecular flexibility index (Phi) is 7.77. The molecular formula is C56H35N3O2. The number of rotatable bonds is 6. The van der Waals surface area contributed by atoms with Gasteiger partial charge in [-0.05, 0) is 101 Å². The van der Waals surface area contributed by atoms with Gasteiger partial charge in [0.25, 0.3) is 0 Å². The lowest BCUT2D eigenvalue weighted by Crippen LogP contribution is -2.11. The van der Waals surface area contributed by atoms with E-state index in [2.05, 4.69) is 184 Å². The minimum Gasteiger partial charge on any atom is -0.310 e. The van der Waals surface area contributed by atoms with Crippen molar-refractivity contribution in [1.82, 2.24) is 9.13 Å². The molecule has 0 bridgehead atoms. The van der Waals surface area contributed by atoms with Crippen LogP contribution < -0.4 is 4.90 Å². The first-order valence-corrected chi connectivity index (χ1v) is 20.5. The fourth-order valence-corrected chi connectivity index (χ4v) is 9.44. The minimum absolute atomic E-state index is 0.203. The van der Waals surface area contributed by atoms with Gasteiger partial charge in [0.05, 0.1) is 27.6 Å². The summed E-state index contributed by atoms with van der Waals surface area (Å²) in [5.74, 6) is -0.448. The molecule has 5 nitrogen and oxygen atoms in total. The number of allylic oxidation sites excluding steroid dienone is 1. The lowest BCUT2D eigenvalue weighted by atomic mass is 10.0. The van der Waals surface area contributed by atoms with Crippen LogP contribution in [0.25, 0.3) is 71.8 Å². The third-order valence-electron chi connectivity index (χ3n) is 12.2. The topological polar surface area (TPSA) is 47.2 Å². The van der Waals surface area contributed by atoms with Gasteiger partial charge in [0, 0.05) is 61.1 Å². The van der Waals surface area contributed by atoms with Crippen molar-refractivity contribution >= 4 is 89.1 Å². The van der Waals surface area contributed by atoms with Gasteiger partial charge in [-0.25, -0.2) is 0 Å². The number of benzene rings is 9. The Morgan fingerprint density at radius 3 is 1.26 bits per heavy atom. The van der Waals surface area contributed by atoms with Crippen LogP contribution in [0.2, 0.25) is 0 Å². The Morgan fingerprint density at radius 1 is 0.361 bits per heavy atom. The van der Waals surface area contributed by atoms with Crippen molar-refractivity contribution in [3.8, 4) is 11.4 Å². The summed E-state index contributed by atoms with van der Waals surface area (Å²) in [5, 5.41) is 6.91. The third kappa shape index (κ3) is 5.48. The molecule has 1 aliphatic carbocycles. The summed E-state index contributed by atoms with van der Waals surface area (Å²) in [6, 6.07) is 71.6. The van der Waals surface area contributed by atoms with Gasteiger partial charge in [-0.15, -0.1) is 0 Å². The number of carbonyl (C=O) groups excluding carboxylic acids is 2. The van der Waals surface area contributed by atoms with Gasteiger partial charge in [-0.3, -0.25) is 9.59 Å². The summed E-state index contributed by atoms with van der Waals surface area (Å²) in [6.07, 6.45) is 1.73. The molecule has 286 valence electrons. The Morgan fingerprint density at radius 2 is 0.770 bits per heavy atom. The molecule has 2 heterocycles. The van der Waals surface area contributed by atoms with E-state index in [0.717, 1.165) is 66.8 Å². The van der Waals surface area contributed by atoms with E-state index >= 15 is 0 Å². The van der Waals surface area contributed by atoms with E-state index < -0.39 is 0 Å². The van der Waals surface area contributed by atoms with E-state index in [4.69, 9.17) is 0 Å². The quantitative estimate of drug-likeness (QED) is 0.125. The number of nitrogens with zero attached hydrogens (tertiary/aromatic N) is 3. The fraction of sp³-hybridized carbons (Fsp3) is 0. The zero-order valence-electron chi connectivity index (χ0n) is 32.9. The van der Waals surface area contributed by atoms with Crippen molar-refractivity contribution in [1.29, 1.82) is 0 Å². The van der Waals surface area contributed by atoms with Crippen molar-refractivity contribution in [3.63, 3.8) is 0 Å². The highest BCUT2D eigenvalue weighted by Crippen LogP contribution is 2.41. The molecule has 0 radical (unpaired) electrons. The Bertz CT molecular complexity index is 3360. The third-order valence-corrected chi connectivity index (χ3v) is 12.2. The molecule has 0 fully saturated rings. The number of anilines is 3. The van der Waals surface area contributed by atoms with Crippen LogP contribution >= 0.6 is 0 Å². The van der Waals surface area contributed by atoms with Crippen molar-refractivity contribution in [3.05, 3.63) is 229 Å². The van der Waals surface area contributed by atoms with Gasteiger partial charge in [0.15, 0.2) is 11.6 Å². The molecule has 9 aromatic carbocycles. The summed E-state index contributed by atoms with van der Waals surface area (Å²) in [6.45, 7) is 0. The number of hydrogen-bond donors (Lipinski definition) is 0. The maximum absolute atomic E-state index is 13.2. The van der Waals surface area contributed by atoms with E-state index in [9.17, 15) is 9.59 Å².